The van der Waals surface area contributed by atoms with Gasteiger partial charge in [0.1, 0.15) is 5.82 Å². The first-order chi connectivity index (χ1) is 12.1. The van der Waals surface area contributed by atoms with Gasteiger partial charge in [0.2, 0.25) is 5.95 Å². The van der Waals surface area contributed by atoms with Crippen LogP contribution in [0.4, 0.5) is 8.78 Å². The molecule has 1 aromatic carbocycles. The normalized spacial score (nSPS) is 15.9. The molecule has 0 radical (unpaired) electrons. The standard InChI is InChI=1S/C19H21F2N3O/c20-17-4-2-1-3-16(17)13-24-9-7-14(8-10-24)11-23-19(25)15-5-6-18(21)22-12-15/h1-6,12,14H,7-11,13H2,(H,23,25). The predicted molar refractivity (Wildman–Crippen MR) is 90.9 cm³/mol. The highest BCUT2D eigenvalue weighted by Gasteiger charge is 2.20. The van der Waals surface area contributed by atoms with Crippen LogP contribution in [0.2, 0.25) is 0 Å². The minimum Gasteiger partial charge on any atom is -0.352 e. The Hall–Kier alpha value is -2.34. The molecule has 4 nitrogen and oxygen atoms in total. The van der Waals surface area contributed by atoms with Crippen LogP contribution in [0.1, 0.15) is 28.8 Å². The molecule has 0 atom stereocenters. The van der Waals surface area contributed by atoms with E-state index in [0.717, 1.165) is 31.5 Å². The SMILES string of the molecule is O=C(NCC1CCN(Cc2ccccc2F)CC1)c1ccc(F)nc1. The number of hydrogen-bond acceptors (Lipinski definition) is 3. The fourth-order valence-electron chi connectivity index (χ4n) is 3.07. The fraction of sp³-hybridized carbons (Fsp3) is 0.368. The molecule has 1 saturated heterocycles. The number of aromatic nitrogens is 1. The summed E-state index contributed by atoms with van der Waals surface area (Å²) < 4.78 is 26.5. The molecule has 1 fully saturated rings. The summed E-state index contributed by atoms with van der Waals surface area (Å²) in [7, 11) is 0. The van der Waals surface area contributed by atoms with Gasteiger partial charge >= 0.3 is 0 Å². The highest BCUT2D eigenvalue weighted by molar-refractivity contribution is 5.93. The van der Waals surface area contributed by atoms with E-state index in [0.29, 0.717) is 24.6 Å². The maximum absolute atomic E-state index is 13.7. The summed E-state index contributed by atoms with van der Waals surface area (Å²) in [5, 5.41) is 2.88. The topological polar surface area (TPSA) is 45.2 Å². The summed E-state index contributed by atoms with van der Waals surface area (Å²) in [6.45, 7) is 2.97. The van der Waals surface area contributed by atoms with E-state index >= 15 is 0 Å². The van der Waals surface area contributed by atoms with Crippen LogP contribution in [0, 0.1) is 17.7 Å². The predicted octanol–water partition coefficient (Wildman–Crippen LogP) is 3.00. The van der Waals surface area contributed by atoms with Gasteiger partial charge in [-0.15, -0.1) is 0 Å². The minimum absolute atomic E-state index is 0.162. The Morgan fingerprint density at radius 1 is 1.16 bits per heavy atom. The molecule has 1 aromatic heterocycles. The number of carbonyl (C=O) groups is 1. The van der Waals surface area contributed by atoms with Crippen LogP contribution >= 0.6 is 0 Å². The van der Waals surface area contributed by atoms with E-state index in [2.05, 4.69) is 15.2 Å². The zero-order valence-electron chi connectivity index (χ0n) is 13.9. The van der Waals surface area contributed by atoms with Crippen molar-refractivity contribution in [1.82, 2.24) is 15.2 Å². The summed E-state index contributed by atoms with van der Waals surface area (Å²) >= 11 is 0. The van der Waals surface area contributed by atoms with Crippen molar-refractivity contribution in [3.8, 4) is 0 Å². The molecule has 0 saturated carbocycles. The van der Waals surface area contributed by atoms with Crippen LogP contribution in [-0.4, -0.2) is 35.4 Å². The molecule has 0 aliphatic carbocycles. The van der Waals surface area contributed by atoms with Gasteiger partial charge in [0.25, 0.3) is 5.91 Å². The van der Waals surface area contributed by atoms with Crippen molar-refractivity contribution in [2.24, 2.45) is 5.92 Å². The largest absolute Gasteiger partial charge is 0.352 e. The van der Waals surface area contributed by atoms with Crippen LogP contribution in [-0.2, 0) is 6.54 Å². The summed E-state index contributed by atoms with van der Waals surface area (Å²) in [5.41, 5.74) is 1.08. The van der Waals surface area contributed by atoms with Gasteiger partial charge in [0.05, 0.1) is 5.56 Å². The van der Waals surface area contributed by atoms with Crippen molar-refractivity contribution < 1.29 is 13.6 Å². The number of nitrogens with zero attached hydrogens (tertiary/aromatic N) is 2. The smallest absolute Gasteiger partial charge is 0.252 e. The monoisotopic (exact) mass is 345 g/mol. The van der Waals surface area contributed by atoms with Gasteiger partial charge in [-0.05, 0) is 50.0 Å². The zero-order chi connectivity index (χ0) is 17.6. The van der Waals surface area contributed by atoms with E-state index < -0.39 is 5.95 Å². The minimum atomic E-state index is -0.598. The average Bonchev–Trinajstić information content (AvgIpc) is 2.63. The Kier molecular flexibility index (Phi) is 5.71. The van der Waals surface area contributed by atoms with Crippen molar-refractivity contribution in [1.29, 1.82) is 0 Å². The summed E-state index contributed by atoms with van der Waals surface area (Å²) in [4.78, 5) is 17.7. The molecule has 0 spiro atoms. The maximum Gasteiger partial charge on any atom is 0.252 e. The molecule has 3 rings (SSSR count). The van der Waals surface area contributed by atoms with Crippen LogP contribution in [0.15, 0.2) is 42.6 Å². The Morgan fingerprint density at radius 2 is 1.92 bits per heavy atom. The number of hydrogen-bond donors (Lipinski definition) is 1. The first kappa shape index (κ1) is 17.5. The number of pyridine rings is 1. The number of piperidine rings is 1. The summed E-state index contributed by atoms with van der Waals surface area (Å²) in [6, 6.07) is 9.46. The van der Waals surface area contributed by atoms with Crippen molar-refractivity contribution >= 4 is 5.91 Å². The second-order valence-electron chi connectivity index (χ2n) is 6.39. The van der Waals surface area contributed by atoms with Crippen LogP contribution in [0.25, 0.3) is 0 Å². The molecule has 25 heavy (non-hydrogen) atoms. The third-order valence-electron chi connectivity index (χ3n) is 4.60. The lowest BCUT2D eigenvalue weighted by Crippen LogP contribution is -2.38. The molecule has 2 aromatic rings. The zero-order valence-corrected chi connectivity index (χ0v) is 13.9. The number of carbonyl (C=O) groups excluding carboxylic acids is 1. The fourth-order valence-corrected chi connectivity index (χ4v) is 3.07. The van der Waals surface area contributed by atoms with Gasteiger partial charge in [0.15, 0.2) is 0 Å². The molecule has 132 valence electrons. The van der Waals surface area contributed by atoms with Crippen molar-refractivity contribution in [2.45, 2.75) is 19.4 Å². The van der Waals surface area contributed by atoms with Crippen molar-refractivity contribution in [3.05, 3.63) is 65.5 Å². The van der Waals surface area contributed by atoms with Gasteiger partial charge in [-0.2, -0.15) is 4.39 Å². The Balaban J connectivity index is 1.43. The second kappa shape index (κ2) is 8.16. The highest BCUT2D eigenvalue weighted by atomic mass is 19.1. The summed E-state index contributed by atoms with van der Waals surface area (Å²) in [5.74, 6) is -0.598. The van der Waals surface area contributed by atoms with Crippen LogP contribution < -0.4 is 5.32 Å². The van der Waals surface area contributed by atoms with Crippen molar-refractivity contribution in [2.75, 3.05) is 19.6 Å². The van der Waals surface area contributed by atoms with Crippen LogP contribution in [0.3, 0.4) is 0 Å². The number of likely N-dealkylation sites (tertiary alicyclic amines) is 1. The number of rotatable bonds is 5. The number of halogens is 2. The Morgan fingerprint density at radius 3 is 2.60 bits per heavy atom. The Labute approximate surface area is 145 Å². The van der Waals surface area contributed by atoms with Gasteiger partial charge in [-0.25, -0.2) is 9.37 Å². The summed E-state index contributed by atoms with van der Waals surface area (Å²) in [6.07, 6.45) is 3.15. The third-order valence-corrected chi connectivity index (χ3v) is 4.60. The highest BCUT2D eigenvalue weighted by Crippen LogP contribution is 2.19. The maximum atomic E-state index is 13.7. The van der Waals surface area contributed by atoms with E-state index in [1.807, 2.05) is 12.1 Å². The number of amides is 1. The molecule has 2 heterocycles. The molecule has 1 aliphatic heterocycles. The van der Waals surface area contributed by atoms with E-state index in [-0.39, 0.29) is 11.7 Å². The van der Waals surface area contributed by atoms with Gasteiger partial charge in [0, 0.05) is 24.8 Å². The number of nitrogens with one attached hydrogen (secondary N) is 1. The molecule has 1 aliphatic rings. The van der Waals surface area contributed by atoms with E-state index in [1.165, 1.54) is 24.4 Å². The van der Waals surface area contributed by atoms with E-state index in [1.54, 1.807) is 6.07 Å². The first-order valence-corrected chi connectivity index (χ1v) is 8.47. The van der Waals surface area contributed by atoms with E-state index in [4.69, 9.17) is 0 Å². The third kappa shape index (κ3) is 4.82. The van der Waals surface area contributed by atoms with Crippen LogP contribution in [0.5, 0.6) is 0 Å². The molecule has 1 amide bonds. The van der Waals surface area contributed by atoms with Crippen molar-refractivity contribution in [3.63, 3.8) is 0 Å². The first-order valence-electron chi connectivity index (χ1n) is 8.47. The molecule has 1 N–H and O–H groups in total. The molecular formula is C19H21F2N3O. The van der Waals surface area contributed by atoms with E-state index in [9.17, 15) is 13.6 Å². The molecule has 6 heteroatoms. The van der Waals surface area contributed by atoms with Gasteiger partial charge in [-0.3, -0.25) is 9.69 Å². The quantitative estimate of drug-likeness (QED) is 0.848. The lowest BCUT2D eigenvalue weighted by molar-refractivity contribution is 0.0934. The average molecular weight is 345 g/mol. The lowest BCUT2D eigenvalue weighted by Gasteiger charge is -2.32. The molecule has 0 bridgehead atoms. The molecule has 0 unspecified atom stereocenters. The number of benzene rings is 1. The second-order valence-corrected chi connectivity index (χ2v) is 6.39. The van der Waals surface area contributed by atoms with Gasteiger partial charge in [-0.1, -0.05) is 18.2 Å². The Bertz CT molecular complexity index is 713. The van der Waals surface area contributed by atoms with Gasteiger partial charge < -0.3 is 5.32 Å². The lowest BCUT2D eigenvalue weighted by atomic mass is 9.96. The molecular weight excluding hydrogens is 324 g/mol.